The second-order valence-electron chi connectivity index (χ2n) is 6.83. The summed E-state index contributed by atoms with van der Waals surface area (Å²) in [5.74, 6) is 0.583. The largest absolute Gasteiger partial charge is 0.469 e. The van der Waals surface area contributed by atoms with Crippen LogP contribution in [0.15, 0.2) is 17.0 Å². The number of nitrogens with zero attached hydrogens (tertiary/aromatic N) is 3. The molecule has 5 nitrogen and oxygen atoms in total. The minimum atomic E-state index is -0.295. The van der Waals surface area contributed by atoms with Crippen LogP contribution in [0.3, 0.4) is 0 Å². The Bertz CT molecular complexity index is 789. The van der Waals surface area contributed by atoms with Gasteiger partial charge < -0.3 is 4.74 Å². The van der Waals surface area contributed by atoms with Gasteiger partial charge in [0, 0.05) is 17.8 Å². The van der Waals surface area contributed by atoms with E-state index in [1.54, 1.807) is 6.20 Å². The van der Waals surface area contributed by atoms with E-state index in [9.17, 15) is 4.79 Å². The van der Waals surface area contributed by atoms with Crippen LogP contribution in [-0.2, 0) is 14.9 Å². The van der Waals surface area contributed by atoms with Gasteiger partial charge in [-0.3, -0.25) is 9.20 Å². The fourth-order valence-electron chi connectivity index (χ4n) is 3.81. The van der Waals surface area contributed by atoms with Gasteiger partial charge in [-0.1, -0.05) is 32.4 Å². The van der Waals surface area contributed by atoms with E-state index in [1.165, 1.54) is 7.11 Å². The predicted octanol–water partition coefficient (Wildman–Crippen LogP) is 4.01. The van der Waals surface area contributed by atoms with Crippen LogP contribution in [0.4, 0.5) is 0 Å². The highest BCUT2D eigenvalue weighted by Gasteiger charge is 2.57. The van der Waals surface area contributed by atoms with Crippen LogP contribution in [0.1, 0.15) is 39.4 Å². The molecule has 0 aliphatic heterocycles. The molecular formula is C16H19BrClN3O2. The number of esters is 1. The average molecular weight is 401 g/mol. The molecule has 0 N–H and O–H groups in total. The molecule has 3 rings (SSSR count). The molecule has 124 valence electrons. The first-order valence-corrected chi connectivity index (χ1v) is 8.67. The SMILES string of the molecule is COC(=O)[C@@H]1CC[C@](C)(c2nc(Br)c3c(Cl)nccn23)C1(C)C. The lowest BCUT2D eigenvalue weighted by atomic mass is 9.65. The highest BCUT2D eigenvalue weighted by atomic mass is 79.9. The van der Waals surface area contributed by atoms with Crippen LogP contribution in [0.2, 0.25) is 5.15 Å². The second kappa shape index (κ2) is 5.45. The molecule has 2 heterocycles. The molecule has 0 spiro atoms. The van der Waals surface area contributed by atoms with Gasteiger partial charge in [-0.25, -0.2) is 9.97 Å². The Balaban J connectivity index is 2.19. The van der Waals surface area contributed by atoms with Crippen molar-refractivity contribution >= 4 is 39.0 Å². The fraction of sp³-hybridized carbons (Fsp3) is 0.562. The van der Waals surface area contributed by atoms with Crippen molar-refractivity contribution in [3.63, 3.8) is 0 Å². The highest BCUT2D eigenvalue weighted by Crippen LogP contribution is 2.57. The van der Waals surface area contributed by atoms with E-state index < -0.39 is 0 Å². The second-order valence-corrected chi connectivity index (χ2v) is 7.94. The number of halogens is 2. The number of fused-ring (bicyclic) bond motifs is 1. The van der Waals surface area contributed by atoms with Crippen molar-refractivity contribution in [3.8, 4) is 0 Å². The first-order valence-electron chi connectivity index (χ1n) is 7.50. The third-order valence-corrected chi connectivity index (χ3v) is 6.50. The highest BCUT2D eigenvalue weighted by molar-refractivity contribution is 9.10. The van der Waals surface area contributed by atoms with E-state index in [0.29, 0.717) is 9.76 Å². The fourth-order valence-corrected chi connectivity index (χ4v) is 4.70. The van der Waals surface area contributed by atoms with Crippen molar-refractivity contribution < 1.29 is 9.53 Å². The van der Waals surface area contributed by atoms with Gasteiger partial charge in [-0.05, 0) is 34.2 Å². The summed E-state index contributed by atoms with van der Waals surface area (Å²) in [6.07, 6.45) is 5.16. The van der Waals surface area contributed by atoms with Gasteiger partial charge in [0.2, 0.25) is 0 Å². The molecule has 0 unspecified atom stereocenters. The summed E-state index contributed by atoms with van der Waals surface area (Å²) in [6, 6.07) is 0. The Hall–Kier alpha value is -1.14. The third kappa shape index (κ3) is 2.22. The number of hydrogen-bond acceptors (Lipinski definition) is 4. The molecule has 0 bridgehead atoms. The minimum absolute atomic E-state index is 0.152. The molecule has 7 heteroatoms. The molecule has 1 aliphatic carbocycles. The molecule has 2 atom stereocenters. The summed E-state index contributed by atoms with van der Waals surface area (Å²) in [5, 5.41) is 0.405. The molecule has 1 aliphatic rings. The Labute approximate surface area is 148 Å². The summed E-state index contributed by atoms with van der Waals surface area (Å²) in [7, 11) is 1.45. The zero-order chi connectivity index (χ0) is 17.0. The molecule has 0 amide bonds. The average Bonchev–Trinajstić information content (AvgIpc) is 2.96. The predicted molar refractivity (Wildman–Crippen MR) is 91.6 cm³/mol. The van der Waals surface area contributed by atoms with E-state index in [-0.39, 0.29) is 22.7 Å². The maximum Gasteiger partial charge on any atom is 0.309 e. The summed E-state index contributed by atoms with van der Waals surface area (Å²) >= 11 is 9.71. The number of carbonyl (C=O) groups excluding carboxylic acids is 1. The van der Waals surface area contributed by atoms with Gasteiger partial charge in [0.1, 0.15) is 15.9 Å². The van der Waals surface area contributed by atoms with Crippen molar-refractivity contribution in [2.24, 2.45) is 11.3 Å². The van der Waals surface area contributed by atoms with Crippen molar-refractivity contribution in [1.29, 1.82) is 0 Å². The lowest BCUT2D eigenvalue weighted by molar-refractivity contribution is -0.149. The zero-order valence-electron chi connectivity index (χ0n) is 13.6. The number of carbonyl (C=O) groups is 1. The van der Waals surface area contributed by atoms with Gasteiger partial charge >= 0.3 is 5.97 Å². The lowest BCUT2D eigenvalue weighted by Gasteiger charge is -2.39. The van der Waals surface area contributed by atoms with Gasteiger partial charge in [0.25, 0.3) is 0 Å². The molecule has 2 aromatic rings. The molecule has 0 saturated heterocycles. The standard InChI is InChI=1S/C16H19BrClN3O2/c1-15(2)9(13(22)23-4)5-6-16(15,3)14-20-11(17)10-12(18)19-7-8-21(10)14/h7-9H,5-6H2,1-4H3/t9-,16+/m0/s1. The van der Waals surface area contributed by atoms with Crippen LogP contribution in [0.25, 0.3) is 5.52 Å². The topological polar surface area (TPSA) is 56.5 Å². The number of imidazole rings is 1. The quantitative estimate of drug-likeness (QED) is 0.715. The number of hydrogen-bond donors (Lipinski definition) is 0. The molecular weight excluding hydrogens is 382 g/mol. The smallest absolute Gasteiger partial charge is 0.309 e. The number of rotatable bonds is 2. The third-order valence-electron chi connectivity index (χ3n) is 5.67. The van der Waals surface area contributed by atoms with Crippen LogP contribution in [-0.4, -0.2) is 27.4 Å². The maximum absolute atomic E-state index is 12.2. The summed E-state index contributed by atoms with van der Waals surface area (Å²) in [4.78, 5) is 21.0. The summed E-state index contributed by atoms with van der Waals surface area (Å²) in [5.41, 5.74) is 0.171. The van der Waals surface area contributed by atoms with Crippen molar-refractivity contribution in [2.45, 2.75) is 39.0 Å². The Morgan fingerprint density at radius 3 is 2.83 bits per heavy atom. The molecule has 0 radical (unpaired) electrons. The van der Waals surface area contributed by atoms with Gasteiger partial charge in [0.05, 0.1) is 13.0 Å². The number of methoxy groups -OCH3 is 1. The Kier molecular flexibility index (Phi) is 3.96. The van der Waals surface area contributed by atoms with Gasteiger partial charge in [0.15, 0.2) is 5.15 Å². The molecule has 0 aromatic carbocycles. The molecule has 2 aromatic heterocycles. The first kappa shape index (κ1) is 16.7. The Morgan fingerprint density at radius 1 is 1.48 bits per heavy atom. The van der Waals surface area contributed by atoms with E-state index in [1.807, 2.05) is 10.6 Å². The van der Waals surface area contributed by atoms with E-state index >= 15 is 0 Å². The van der Waals surface area contributed by atoms with Crippen LogP contribution < -0.4 is 0 Å². The lowest BCUT2D eigenvalue weighted by Crippen LogP contribution is -2.42. The van der Waals surface area contributed by atoms with E-state index in [0.717, 1.165) is 24.2 Å². The summed E-state index contributed by atoms with van der Waals surface area (Å²) < 4.78 is 7.65. The maximum atomic E-state index is 12.2. The van der Waals surface area contributed by atoms with Crippen LogP contribution >= 0.6 is 27.5 Å². The Morgan fingerprint density at radius 2 is 2.17 bits per heavy atom. The molecule has 1 saturated carbocycles. The number of ether oxygens (including phenoxy) is 1. The van der Waals surface area contributed by atoms with Crippen molar-refractivity contribution in [1.82, 2.24) is 14.4 Å². The minimum Gasteiger partial charge on any atom is -0.469 e. The van der Waals surface area contributed by atoms with Crippen molar-refractivity contribution in [2.75, 3.05) is 7.11 Å². The number of aromatic nitrogens is 3. The molecule has 1 fully saturated rings. The first-order chi connectivity index (χ1) is 10.7. The van der Waals surface area contributed by atoms with E-state index in [2.05, 4.69) is 41.7 Å². The summed E-state index contributed by atoms with van der Waals surface area (Å²) in [6.45, 7) is 6.38. The zero-order valence-corrected chi connectivity index (χ0v) is 15.9. The normalized spacial score (nSPS) is 26.6. The van der Waals surface area contributed by atoms with Crippen LogP contribution in [0.5, 0.6) is 0 Å². The monoisotopic (exact) mass is 399 g/mol. The van der Waals surface area contributed by atoms with Crippen LogP contribution in [0, 0.1) is 11.3 Å². The van der Waals surface area contributed by atoms with Crippen molar-refractivity contribution in [3.05, 3.63) is 28.0 Å². The van der Waals surface area contributed by atoms with Gasteiger partial charge in [-0.2, -0.15) is 0 Å². The van der Waals surface area contributed by atoms with Gasteiger partial charge in [-0.15, -0.1) is 0 Å². The van der Waals surface area contributed by atoms with E-state index in [4.69, 9.17) is 21.3 Å². The molecule has 23 heavy (non-hydrogen) atoms.